The molecule has 1 N–H and O–H groups in total. The van der Waals surface area contributed by atoms with Crippen molar-refractivity contribution < 1.29 is 14.3 Å². The number of imidazole rings is 1. The molecule has 1 aromatic heterocycles. The Morgan fingerprint density at radius 1 is 1.00 bits per heavy atom. The van der Waals surface area contributed by atoms with Gasteiger partial charge >= 0.3 is 0 Å². The van der Waals surface area contributed by atoms with Crippen LogP contribution in [0.4, 0.5) is 0 Å². The lowest BCUT2D eigenvalue weighted by Gasteiger charge is -2.20. The molecule has 0 spiro atoms. The van der Waals surface area contributed by atoms with Gasteiger partial charge in [0.2, 0.25) is 5.91 Å². The van der Waals surface area contributed by atoms with E-state index in [0.29, 0.717) is 19.8 Å². The molecular formula is C25H33N3O3. The van der Waals surface area contributed by atoms with Crippen LogP contribution in [-0.2, 0) is 11.3 Å². The van der Waals surface area contributed by atoms with Crippen LogP contribution in [0, 0.1) is 5.92 Å². The molecule has 6 heteroatoms. The Balaban J connectivity index is 1.79. The Hall–Kier alpha value is -3.02. The molecule has 0 saturated carbocycles. The molecule has 1 unspecified atom stereocenters. The first-order valence-corrected chi connectivity index (χ1v) is 11.2. The fourth-order valence-corrected chi connectivity index (χ4v) is 3.81. The summed E-state index contributed by atoms with van der Waals surface area (Å²) in [5.74, 6) is 2.41. The van der Waals surface area contributed by atoms with Crippen molar-refractivity contribution >= 4 is 16.9 Å². The van der Waals surface area contributed by atoms with E-state index in [4.69, 9.17) is 14.5 Å². The summed E-state index contributed by atoms with van der Waals surface area (Å²) in [4.78, 5) is 17.4. The summed E-state index contributed by atoms with van der Waals surface area (Å²) < 4.78 is 13.8. The second-order valence-corrected chi connectivity index (χ2v) is 7.58. The molecular weight excluding hydrogens is 390 g/mol. The van der Waals surface area contributed by atoms with Gasteiger partial charge in [-0.15, -0.1) is 0 Å². The first kappa shape index (κ1) is 22.7. The number of rotatable bonds is 11. The highest BCUT2D eigenvalue weighted by molar-refractivity contribution is 5.79. The zero-order chi connectivity index (χ0) is 22.2. The van der Waals surface area contributed by atoms with Gasteiger partial charge in [0.05, 0.1) is 30.2 Å². The highest BCUT2D eigenvalue weighted by atomic mass is 16.5. The number of benzene rings is 2. The zero-order valence-corrected chi connectivity index (χ0v) is 18.9. The number of ether oxygens (including phenoxy) is 2. The SMILES string of the molecule is CCOc1ccccc1OCCn1c(C(C)NC(=O)C(CC)CC)nc2ccccc21. The minimum Gasteiger partial charge on any atom is -0.490 e. The fourth-order valence-electron chi connectivity index (χ4n) is 3.81. The van der Waals surface area contributed by atoms with Crippen LogP contribution >= 0.6 is 0 Å². The molecule has 166 valence electrons. The van der Waals surface area contributed by atoms with Crippen LogP contribution in [0.1, 0.15) is 52.4 Å². The van der Waals surface area contributed by atoms with Gasteiger partial charge in [-0.3, -0.25) is 4.79 Å². The van der Waals surface area contributed by atoms with Crippen LogP contribution in [0.3, 0.4) is 0 Å². The second kappa shape index (κ2) is 10.8. The van der Waals surface area contributed by atoms with Crippen LogP contribution in [0.5, 0.6) is 11.5 Å². The van der Waals surface area contributed by atoms with Crippen molar-refractivity contribution in [1.29, 1.82) is 0 Å². The van der Waals surface area contributed by atoms with Crippen molar-refractivity contribution in [2.24, 2.45) is 5.92 Å². The predicted molar refractivity (Wildman–Crippen MR) is 123 cm³/mol. The molecule has 0 aliphatic rings. The second-order valence-electron chi connectivity index (χ2n) is 7.58. The van der Waals surface area contributed by atoms with Crippen LogP contribution in [0.15, 0.2) is 48.5 Å². The number of carbonyl (C=O) groups excluding carboxylic acids is 1. The molecule has 0 bridgehead atoms. The summed E-state index contributed by atoms with van der Waals surface area (Å²) in [6, 6.07) is 15.5. The summed E-state index contributed by atoms with van der Waals surface area (Å²) in [6.07, 6.45) is 1.66. The lowest BCUT2D eigenvalue weighted by molar-refractivity contribution is -0.125. The standard InChI is InChI=1S/C25H33N3O3/c1-5-19(6-2)25(29)26-18(4)24-27-20-12-8-9-13-21(20)28(24)16-17-31-23-15-11-10-14-22(23)30-7-3/h8-15,18-19H,5-7,16-17H2,1-4H3,(H,26,29). The summed E-state index contributed by atoms with van der Waals surface area (Å²) >= 11 is 0. The maximum Gasteiger partial charge on any atom is 0.223 e. The molecule has 2 aromatic carbocycles. The summed E-state index contributed by atoms with van der Waals surface area (Å²) in [5, 5.41) is 3.15. The van der Waals surface area contributed by atoms with E-state index in [1.54, 1.807) is 0 Å². The summed E-state index contributed by atoms with van der Waals surface area (Å²) in [6.45, 7) is 9.70. The fraction of sp³-hybridized carbons (Fsp3) is 0.440. The van der Waals surface area contributed by atoms with Crippen molar-refractivity contribution in [3.63, 3.8) is 0 Å². The maximum absolute atomic E-state index is 12.6. The maximum atomic E-state index is 12.6. The van der Waals surface area contributed by atoms with Gasteiger partial charge in [0.25, 0.3) is 0 Å². The van der Waals surface area contributed by atoms with Crippen molar-refractivity contribution in [1.82, 2.24) is 14.9 Å². The lowest BCUT2D eigenvalue weighted by Crippen LogP contribution is -2.33. The first-order chi connectivity index (χ1) is 15.1. The minimum absolute atomic E-state index is 0.0266. The molecule has 3 rings (SSSR count). The summed E-state index contributed by atoms with van der Waals surface area (Å²) in [7, 11) is 0. The molecule has 0 aliphatic carbocycles. The number of aromatic nitrogens is 2. The van der Waals surface area contributed by atoms with Gasteiger partial charge in [-0.05, 0) is 51.0 Å². The first-order valence-electron chi connectivity index (χ1n) is 11.2. The van der Waals surface area contributed by atoms with Crippen LogP contribution in [-0.4, -0.2) is 28.7 Å². The molecule has 0 fully saturated rings. The number of nitrogens with one attached hydrogen (secondary N) is 1. The van der Waals surface area contributed by atoms with Crippen molar-refractivity contribution in [2.45, 2.75) is 53.1 Å². The highest BCUT2D eigenvalue weighted by Crippen LogP contribution is 2.27. The van der Waals surface area contributed by atoms with E-state index >= 15 is 0 Å². The van der Waals surface area contributed by atoms with E-state index < -0.39 is 0 Å². The van der Waals surface area contributed by atoms with E-state index in [1.807, 2.05) is 70.2 Å². The van der Waals surface area contributed by atoms with Gasteiger partial charge in [0.1, 0.15) is 12.4 Å². The minimum atomic E-state index is -0.198. The summed E-state index contributed by atoms with van der Waals surface area (Å²) in [5.41, 5.74) is 1.94. The Bertz CT molecular complexity index is 995. The van der Waals surface area contributed by atoms with E-state index in [2.05, 4.69) is 16.0 Å². The number of hydrogen-bond acceptors (Lipinski definition) is 4. The third kappa shape index (κ3) is 5.37. The molecule has 31 heavy (non-hydrogen) atoms. The lowest BCUT2D eigenvalue weighted by atomic mass is 10.0. The molecule has 1 atom stereocenters. The largest absolute Gasteiger partial charge is 0.490 e. The molecule has 0 saturated heterocycles. The van der Waals surface area contributed by atoms with Gasteiger partial charge in [-0.25, -0.2) is 4.98 Å². The number of amides is 1. The van der Waals surface area contributed by atoms with Gasteiger partial charge in [0.15, 0.2) is 11.5 Å². The van der Waals surface area contributed by atoms with E-state index in [0.717, 1.165) is 41.2 Å². The predicted octanol–water partition coefficient (Wildman–Crippen LogP) is 5.13. The van der Waals surface area contributed by atoms with Crippen molar-refractivity contribution in [3.05, 3.63) is 54.4 Å². The third-order valence-corrected chi connectivity index (χ3v) is 5.51. The molecule has 1 heterocycles. The third-order valence-electron chi connectivity index (χ3n) is 5.51. The topological polar surface area (TPSA) is 65.4 Å². The number of nitrogens with zero attached hydrogens (tertiary/aromatic N) is 2. The van der Waals surface area contributed by atoms with Crippen molar-refractivity contribution in [2.75, 3.05) is 13.2 Å². The van der Waals surface area contributed by atoms with E-state index in [9.17, 15) is 4.79 Å². The van der Waals surface area contributed by atoms with Crippen LogP contribution < -0.4 is 14.8 Å². The Morgan fingerprint density at radius 2 is 1.65 bits per heavy atom. The number of carbonyl (C=O) groups is 1. The van der Waals surface area contributed by atoms with E-state index in [1.165, 1.54) is 0 Å². The van der Waals surface area contributed by atoms with Crippen LogP contribution in [0.25, 0.3) is 11.0 Å². The monoisotopic (exact) mass is 423 g/mol. The van der Waals surface area contributed by atoms with Gasteiger partial charge in [-0.2, -0.15) is 0 Å². The molecule has 0 radical (unpaired) electrons. The number of para-hydroxylation sites is 4. The van der Waals surface area contributed by atoms with E-state index in [-0.39, 0.29) is 17.9 Å². The molecule has 6 nitrogen and oxygen atoms in total. The average Bonchev–Trinajstić information content (AvgIpc) is 3.15. The number of hydrogen-bond donors (Lipinski definition) is 1. The molecule has 1 amide bonds. The Labute approximate surface area is 184 Å². The Morgan fingerprint density at radius 3 is 2.32 bits per heavy atom. The molecule has 0 aliphatic heterocycles. The molecule has 3 aromatic rings. The van der Waals surface area contributed by atoms with Gasteiger partial charge in [-0.1, -0.05) is 38.1 Å². The van der Waals surface area contributed by atoms with Gasteiger partial charge < -0.3 is 19.4 Å². The highest BCUT2D eigenvalue weighted by Gasteiger charge is 2.21. The van der Waals surface area contributed by atoms with Gasteiger partial charge in [0, 0.05) is 5.92 Å². The van der Waals surface area contributed by atoms with Crippen molar-refractivity contribution in [3.8, 4) is 11.5 Å². The smallest absolute Gasteiger partial charge is 0.223 e. The average molecular weight is 424 g/mol. The quantitative estimate of drug-likeness (QED) is 0.464. The van der Waals surface area contributed by atoms with Crippen LogP contribution in [0.2, 0.25) is 0 Å². The number of fused-ring (bicyclic) bond motifs is 1. The Kier molecular flexibility index (Phi) is 7.93. The zero-order valence-electron chi connectivity index (χ0n) is 18.9. The normalized spacial score (nSPS) is 12.2.